The second-order valence-corrected chi connectivity index (χ2v) is 13.6. The third-order valence-corrected chi connectivity index (χ3v) is 10.8. The van der Waals surface area contributed by atoms with Crippen molar-refractivity contribution in [2.24, 2.45) is 23.2 Å². The number of phenols is 1. The van der Waals surface area contributed by atoms with Crippen molar-refractivity contribution in [1.29, 1.82) is 0 Å². The van der Waals surface area contributed by atoms with Crippen LogP contribution in [0.4, 0.5) is 10.1 Å². The van der Waals surface area contributed by atoms with Gasteiger partial charge in [-0.15, -0.1) is 0 Å². The lowest BCUT2D eigenvalue weighted by Gasteiger charge is -2.56. The maximum absolute atomic E-state index is 15.2. The molecular formula is C36H42FN3O2. The average molecular weight is 568 g/mol. The van der Waals surface area contributed by atoms with Gasteiger partial charge in [-0.2, -0.15) is 0 Å². The molecule has 2 N–H and O–H groups in total. The Morgan fingerprint density at radius 3 is 2.17 bits per heavy atom. The third kappa shape index (κ3) is 5.42. The Kier molecular flexibility index (Phi) is 7.21. The van der Waals surface area contributed by atoms with Crippen molar-refractivity contribution in [3.05, 3.63) is 83.7 Å². The molecule has 4 aliphatic carbocycles. The van der Waals surface area contributed by atoms with Gasteiger partial charge in [0.2, 0.25) is 0 Å². The number of hydrogen-bond donors (Lipinski definition) is 2. The maximum atomic E-state index is 15.2. The minimum Gasteiger partial charge on any atom is -0.508 e. The molecule has 4 saturated carbocycles. The normalized spacial score (nSPS) is 27.7. The number of phenolic OH excluding ortho intramolecular Hbond substituents is 1. The number of anilines is 1. The SMILES string of the molecule is CC(c1ccc(-c2cccc(O)c2)cc1F)N1CCN(c2ccc(C(=O)NCC34CC5CC(CC(C5)C3)C4)cc2)CC1. The molecule has 0 spiro atoms. The molecule has 4 bridgehead atoms. The second kappa shape index (κ2) is 11.0. The molecule has 0 radical (unpaired) electrons. The van der Waals surface area contributed by atoms with Crippen molar-refractivity contribution < 1.29 is 14.3 Å². The monoisotopic (exact) mass is 567 g/mol. The van der Waals surface area contributed by atoms with Gasteiger partial charge in [0.15, 0.2) is 0 Å². The highest BCUT2D eigenvalue weighted by Gasteiger charge is 2.50. The van der Waals surface area contributed by atoms with E-state index in [2.05, 4.69) is 34.2 Å². The molecule has 8 rings (SSSR count). The molecule has 3 aromatic rings. The Bertz CT molecular complexity index is 1410. The Labute approximate surface area is 248 Å². The fourth-order valence-electron chi connectivity index (χ4n) is 9.00. The van der Waals surface area contributed by atoms with E-state index in [1.807, 2.05) is 30.3 Å². The number of amides is 1. The standard InChI is InChI=1S/C36H42FN3O2/c1-24(33-10-7-30(19-34(33)37)29-3-2-4-32(41)18-29)39-11-13-40(14-12-39)31-8-5-28(6-9-31)35(42)38-23-36-20-25-15-26(21-36)17-27(16-25)22-36/h2-10,18-19,24-27,41H,11-17,20-23H2,1H3,(H,38,42). The summed E-state index contributed by atoms with van der Waals surface area (Å²) in [6.07, 6.45) is 8.19. The van der Waals surface area contributed by atoms with E-state index in [1.54, 1.807) is 24.3 Å². The Hall–Kier alpha value is -3.38. The first-order valence-electron chi connectivity index (χ1n) is 15.8. The molecule has 1 atom stereocenters. The molecule has 5 nitrogen and oxygen atoms in total. The predicted octanol–water partition coefficient (Wildman–Crippen LogP) is 7.03. The number of carbonyl (C=O) groups excluding carboxylic acids is 1. The average Bonchev–Trinajstić information content (AvgIpc) is 2.99. The topological polar surface area (TPSA) is 55.8 Å². The lowest BCUT2D eigenvalue weighted by Crippen LogP contribution is -2.51. The van der Waals surface area contributed by atoms with Gasteiger partial charge in [0.1, 0.15) is 11.6 Å². The maximum Gasteiger partial charge on any atom is 0.251 e. The number of carbonyl (C=O) groups is 1. The van der Waals surface area contributed by atoms with E-state index < -0.39 is 0 Å². The molecular weight excluding hydrogens is 525 g/mol. The van der Waals surface area contributed by atoms with Crippen LogP contribution in [-0.2, 0) is 0 Å². The third-order valence-electron chi connectivity index (χ3n) is 10.8. The first-order chi connectivity index (χ1) is 20.3. The summed E-state index contributed by atoms with van der Waals surface area (Å²) < 4.78 is 15.2. The van der Waals surface area contributed by atoms with Gasteiger partial charge < -0.3 is 15.3 Å². The minimum absolute atomic E-state index is 0.0366. The predicted molar refractivity (Wildman–Crippen MR) is 165 cm³/mol. The lowest BCUT2D eigenvalue weighted by atomic mass is 9.49. The van der Waals surface area contributed by atoms with Crippen molar-refractivity contribution in [3.8, 4) is 16.9 Å². The summed E-state index contributed by atoms with van der Waals surface area (Å²) in [4.78, 5) is 17.7. The molecule has 1 saturated heterocycles. The molecule has 6 heteroatoms. The minimum atomic E-state index is -0.220. The highest BCUT2D eigenvalue weighted by atomic mass is 19.1. The van der Waals surface area contributed by atoms with Gasteiger partial charge in [0, 0.05) is 55.6 Å². The summed E-state index contributed by atoms with van der Waals surface area (Å²) in [5, 5.41) is 13.1. The smallest absolute Gasteiger partial charge is 0.251 e. The van der Waals surface area contributed by atoms with Crippen LogP contribution < -0.4 is 10.2 Å². The van der Waals surface area contributed by atoms with Crippen LogP contribution in [0.3, 0.4) is 0 Å². The van der Waals surface area contributed by atoms with E-state index in [0.717, 1.165) is 72.9 Å². The van der Waals surface area contributed by atoms with Crippen LogP contribution >= 0.6 is 0 Å². The molecule has 42 heavy (non-hydrogen) atoms. The Balaban J connectivity index is 0.926. The van der Waals surface area contributed by atoms with Gasteiger partial charge in [-0.3, -0.25) is 9.69 Å². The van der Waals surface area contributed by atoms with Gasteiger partial charge in [-0.25, -0.2) is 4.39 Å². The number of hydrogen-bond acceptors (Lipinski definition) is 4. The van der Waals surface area contributed by atoms with E-state index in [0.29, 0.717) is 11.0 Å². The molecule has 0 aromatic heterocycles. The van der Waals surface area contributed by atoms with Crippen LogP contribution in [-0.4, -0.2) is 48.6 Å². The van der Waals surface area contributed by atoms with Gasteiger partial charge in [-0.05, 0) is 122 Å². The fourth-order valence-corrected chi connectivity index (χ4v) is 9.00. The number of aromatic hydroxyl groups is 1. The summed E-state index contributed by atoms with van der Waals surface area (Å²) in [5.41, 5.74) is 4.46. The first-order valence-corrected chi connectivity index (χ1v) is 15.8. The summed E-state index contributed by atoms with van der Waals surface area (Å²) in [6, 6.07) is 20.3. The van der Waals surface area contributed by atoms with Crippen LogP contribution in [0, 0.1) is 29.0 Å². The summed E-state index contributed by atoms with van der Waals surface area (Å²) in [7, 11) is 0. The number of piperazine rings is 1. The quantitative estimate of drug-likeness (QED) is 0.322. The summed E-state index contributed by atoms with van der Waals surface area (Å²) in [5.74, 6) is 2.69. The van der Waals surface area contributed by atoms with E-state index >= 15 is 4.39 Å². The largest absolute Gasteiger partial charge is 0.508 e. The number of nitrogens with zero attached hydrogens (tertiary/aromatic N) is 2. The molecule has 1 unspecified atom stereocenters. The van der Waals surface area contributed by atoms with Crippen molar-refractivity contribution >= 4 is 11.6 Å². The molecule has 5 fully saturated rings. The highest BCUT2D eigenvalue weighted by molar-refractivity contribution is 5.94. The molecule has 220 valence electrons. The highest BCUT2D eigenvalue weighted by Crippen LogP contribution is 2.59. The van der Waals surface area contributed by atoms with E-state index in [1.165, 1.54) is 38.5 Å². The van der Waals surface area contributed by atoms with Gasteiger partial charge in [0.25, 0.3) is 5.91 Å². The van der Waals surface area contributed by atoms with Crippen LogP contribution in [0.15, 0.2) is 66.7 Å². The Morgan fingerprint density at radius 1 is 0.905 bits per heavy atom. The fraction of sp³-hybridized carbons (Fsp3) is 0.472. The van der Waals surface area contributed by atoms with Crippen LogP contribution in [0.5, 0.6) is 5.75 Å². The number of rotatable bonds is 7. The zero-order chi connectivity index (χ0) is 28.8. The van der Waals surface area contributed by atoms with Gasteiger partial charge in [0.05, 0.1) is 0 Å². The zero-order valence-electron chi connectivity index (χ0n) is 24.6. The van der Waals surface area contributed by atoms with E-state index in [4.69, 9.17) is 0 Å². The molecule has 1 heterocycles. The van der Waals surface area contributed by atoms with Crippen molar-refractivity contribution in [2.45, 2.75) is 51.5 Å². The molecule has 1 amide bonds. The molecule has 1 aliphatic heterocycles. The second-order valence-electron chi connectivity index (χ2n) is 13.6. The van der Waals surface area contributed by atoms with Gasteiger partial charge in [-0.1, -0.05) is 24.3 Å². The van der Waals surface area contributed by atoms with Crippen molar-refractivity contribution in [3.63, 3.8) is 0 Å². The number of nitrogens with one attached hydrogen (secondary N) is 1. The summed E-state index contributed by atoms with van der Waals surface area (Å²) in [6.45, 7) is 6.27. The molecule has 5 aliphatic rings. The van der Waals surface area contributed by atoms with Gasteiger partial charge >= 0.3 is 0 Å². The number of benzene rings is 3. The molecule has 3 aromatic carbocycles. The Morgan fingerprint density at radius 2 is 1.55 bits per heavy atom. The first kappa shape index (κ1) is 27.5. The van der Waals surface area contributed by atoms with E-state index in [-0.39, 0.29) is 23.5 Å². The zero-order valence-corrected chi connectivity index (χ0v) is 24.6. The summed E-state index contributed by atoms with van der Waals surface area (Å²) >= 11 is 0. The van der Waals surface area contributed by atoms with Crippen LogP contribution in [0.1, 0.15) is 67.4 Å². The van der Waals surface area contributed by atoms with Crippen molar-refractivity contribution in [1.82, 2.24) is 10.2 Å². The van der Waals surface area contributed by atoms with Crippen LogP contribution in [0.25, 0.3) is 11.1 Å². The lowest BCUT2D eigenvalue weighted by molar-refractivity contribution is -0.0503. The van der Waals surface area contributed by atoms with Crippen molar-refractivity contribution in [2.75, 3.05) is 37.6 Å². The number of halogens is 1. The van der Waals surface area contributed by atoms with E-state index in [9.17, 15) is 9.90 Å². The van der Waals surface area contributed by atoms with Crippen LogP contribution in [0.2, 0.25) is 0 Å².